The van der Waals surface area contributed by atoms with Crippen molar-refractivity contribution in [2.45, 2.75) is 19.5 Å². The van der Waals surface area contributed by atoms with E-state index in [2.05, 4.69) is 15.1 Å². The summed E-state index contributed by atoms with van der Waals surface area (Å²) in [6, 6.07) is 10.6. The van der Waals surface area contributed by atoms with Crippen molar-refractivity contribution in [1.29, 1.82) is 0 Å². The minimum absolute atomic E-state index is 0.0602. The third-order valence-electron chi connectivity index (χ3n) is 4.35. The van der Waals surface area contributed by atoms with Gasteiger partial charge in [-0.1, -0.05) is 18.2 Å². The number of hydrogen-bond acceptors (Lipinski definition) is 7. The summed E-state index contributed by atoms with van der Waals surface area (Å²) in [5.74, 6) is -0.190. The highest BCUT2D eigenvalue weighted by Crippen LogP contribution is 2.21. The van der Waals surface area contributed by atoms with Crippen LogP contribution >= 0.6 is 11.3 Å². The molecule has 0 saturated carbocycles. The van der Waals surface area contributed by atoms with Crippen molar-refractivity contribution < 1.29 is 9.21 Å². The molecule has 0 aliphatic heterocycles. The Kier molecular flexibility index (Phi) is 5.09. The predicted octanol–water partition coefficient (Wildman–Crippen LogP) is 1.85. The number of aromatic amines is 1. The highest BCUT2D eigenvalue weighted by atomic mass is 32.1. The van der Waals surface area contributed by atoms with E-state index in [-0.39, 0.29) is 36.9 Å². The average Bonchev–Trinajstić information content (AvgIpc) is 3.36. The zero-order valence-corrected chi connectivity index (χ0v) is 16.3. The van der Waals surface area contributed by atoms with E-state index in [1.165, 1.54) is 16.2 Å². The Balaban J connectivity index is 1.42. The minimum Gasteiger partial charge on any atom is -0.387 e. The molecular weight excluding hydrogens is 394 g/mol. The van der Waals surface area contributed by atoms with Gasteiger partial charge in [0.2, 0.25) is 5.91 Å². The number of aryl methyl sites for hydroxylation is 1. The van der Waals surface area contributed by atoms with E-state index in [0.717, 1.165) is 9.56 Å². The molecule has 3 heterocycles. The maximum absolute atomic E-state index is 12.5. The van der Waals surface area contributed by atoms with E-state index in [9.17, 15) is 14.4 Å². The molecule has 0 atom stereocenters. The van der Waals surface area contributed by atoms with Crippen LogP contribution in [0.5, 0.6) is 0 Å². The van der Waals surface area contributed by atoms with Crippen LogP contribution in [0.2, 0.25) is 0 Å². The zero-order chi connectivity index (χ0) is 20.4. The number of H-pyrrole nitrogens is 1. The van der Waals surface area contributed by atoms with Crippen LogP contribution in [-0.4, -0.2) is 37.6 Å². The largest absolute Gasteiger partial charge is 0.437 e. The molecule has 148 valence electrons. The van der Waals surface area contributed by atoms with E-state index >= 15 is 0 Å². The van der Waals surface area contributed by atoms with Gasteiger partial charge in [0, 0.05) is 13.5 Å². The molecule has 29 heavy (non-hydrogen) atoms. The summed E-state index contributed by atoms with van der Waals surface area (Å²) in [5.41, 5.74) is 0.323. The molecular formula is C19H17N5O4S. The number of nitrogens with zero attached hydrogens (tertiary/aromatic N) is 4. The van der Waals surface area contributed by atoms with E-state index in [4.69, 9.17) is 4.42 Å². The number of para-hydroxylation sites is 1. The third-order valence-corrected chi connectivity index (χ3v) is 5.21. The topological polar surface area (TPSA) is 114 Å². The summed E-state index contributed by atoms with van der Waals surface area (Å²) in [7, 11) is 1.61. The number of amides is 1. The van der Waals surface area contributed by atoms with Gasteiger partial charge in [0.05, 0.1) is 28.9 Å². The van der Waals surface area contributed by atoms with Crippen LogP contribution < -0.4 is 11.3 Å². The Morgan fingerprint density at radius 1 is 1.24 bits per heavy atom. The minimum atomic E-state index is -0.607. The molecule has 10 heteroatoms. The van der Waals surface area contributed by atoms with Crippen LogP contribution in [-0.2, 0) is 17.9 Å². The normalized spacial score (nSPS) is 11.1. The summed E-state index contributed by atoms with van der Waals surface area (Å²) in [6.45, 7) is 0.242. The summed E-state index contributed by atoms with van der Waals surface area (Å²) in [5, 5.41) is 6.49. The van der Waals surface area contributed by atoms with Crippen molar-refractivity contribution in [1.82, 2.24) is 24.6 Å². The highest BCUT2D eigenvalue weighted by Gasteiger charge is 2.15. The second-order valence-electron chi connectivity index (χ2n) is 6.40. The quantitative estimate of drug-likeness (QED) is 0.518. The first-order valence-electron chi connectivity index (χ1n) is 8.85. The maximum atomic E-state index is 12.5. The Labute approximate surface area is 168 Å². The number of nitrogens with one attached hydrogen (secondary N) is 1. The lowest BCUT2D eigenvalue weighted by Gasteiger charge is -2.16. The van der Waals surface area contributed by atoms with Gasteiger partial charge in [-0.15, -0.1) is 16.4 Å². The fourth-order valence-corrected chi connectivity index (χ4v) is 3.51. The van der Waals surface area contributed by atoms with Crippen molar-refractivity contribution in [3.63, 3.8) is 0 Å². The van der Waals surface area contributed by atoms with Crippen molar-refractivity contribution in [3.8, 4) is 10.8 Å². The number of aromatic nitrogens is 4. The monoisotopic (exact) mass is 411 g/mol. The first-order valence-corrected chi connectivity index (χ1v) is 9.73. The van der Waals surface area contributed by atoms with Gasteiger partial charge in [-0.2, -0.15) is 4.68 Å². The number of rotatable bonds is 6. The van der Waals surface area contributed by atoms with Crippen molar-refractivity contribution in [2.24, 2.45) is 0 Å². The smallest absolute Gasteiger partial charge is 0.387 e. The van der Waals surface area contributed by atoms with Gasteiger partial charge in [-0.25, -0.2) is 9.78 Å². The SMILES string of the molecule is CN(Cc1nc2ccccc2c(=O)[nH]1)C(=O)CCn1nc(-c2cccs2)oc1=O. The molecule has 0 fully saturated rings. The lowest BCUT2D eigenvalue weighted by atomic mass is 10.2. The average molecular weight is 411 g/mol. The number of hydrogen-bond donors (Lipinski definition) is 1. The predicted molar refractivity (Wildman–Crippen MR) is 108 cm³/mol. The molecule has 0 spiro atoms. The van der Waals surface area contributed by atoms with Crippen molar-refractivity contribution in [3.05, 3.63) is 68.5 Å². The summed E-state index contributed by atoms with van der Waals surface area (Å²) in [6.07, 6.45) is 0.0602. The number of carbonyl (C=O) groups excluding carboxylic acids is 1. The maximum Gasteiger partial charge on any atom is 0.437 e. The Morgan fingerprint density at radius 2 is 2.07 bits per heavy atom. The van der Waals surface area contributed by atoms with Crippen molar-refractivity contribution >= 4 is 28.1 Å². The molecule has 0 unspecified atom stereocenters. The molecule has 1 aromatic carbocycles. The molecule has 4 rings (SSSR count). The van der Waals surface area contributed by atoms with Crippen molar-refractivity contribution in [2.75, 3.05) is 7.05 Å². The fourth-order valence-electron chi connectivity index (χ4n) is 2.86. The molecule has 4 aromatic rings. The van der Waals surface area contributed by atoms with E-state index in [1.54, 1.807) is 37.4 Å². The highest BCUT2D eigenvalue weighted by molar-refractivity contribution is 7.13. The number of carbonyl (C=O) groups is 1. The van der Waals surface area contributed by atoms with E-state index in [1.807, 2.05) is 11.4 Å². The molecule has 0 radical (unpaired) electrons. The zero-order valence-electron chi connectivity index (χ0n) is 15.5. The Hall–Kier alpha value is -3.53. The molecule has 0 aliphatic carbocycles. The number of fused-ring (bicyclic) bond motifs is 1. The molecule has 0 saturated heterocycles. The first-order chi connectivity index (χ1) is 14.0. The summed E-state index contributed by atoms with van der Waals surface area (Å²) >= 11 is 1.41. The van der Waals surface area contributed by atoms with E-state index in [0.29, 0.717) is 16.7 Å². The van der Waals surface area contributed by atoms with Gasteiger partial charge in [-0.05, 0) is 23.6 Å². The molecule has 9 nitrogen and oxygen atoms in total. The third kappa shape index (κ3) is 4.02. The standard InChI is InChI=1S/C19H17N5O4S/c1-23(11-15-20-13-6-3-2-5-12(13)17(26)21-15)16(25)8-9-24-19(27)28-18(22-24)14-7-4-10-29-14/h2-7,10H,8-9,11H2,1H3,(H,20,21,26). The van der Waals surface area contributed by atoms with Crippen LogP contribution in [0.15, 0.2) is 55.8 Å². The van der Waals surface area contributed by atoms with Crippen LogP contribution in [0, 0.1) is 0 Å². The second kappa shape index (κ2) is 7.84. The van der Waals surface area contributed by atoms with Crippen LogP contribution in [0.4, 0.5) is 0 Å². The van der Waals surface area contributed by atoms with Crippen LogP contribution in [0.1, 0.15) is 12.2 Å². The lowest BCUT2D eigenvalue weighted by Crippen LogP contribution is -2.30. The first kappa shape index (κ1) is 18.8. The fraction of sp³-hybridized carbons (Fsp3) is 0.211. The van der Waals surface area contributed by atoms with E-state index < -0.39 is 5.76 Å². The lowest BCUT2D eigenvalue weighted by molar-refractivity contribution is -0.130. The van der Waals surface area contributed by atoms with Gasteiger partial charge >= 0.3 is 5.76 Å². The molecule has 1 N–H and O–H groups in total. The van der Waals surface area contributed by atoms with Gasteiger partial charge in [0.15, 0.2) is 0 Å². The van der Waals surface area contributed by atoms with Gasteiger partial charge in [0.25, 0.3) is 11.4 Å². The number of benzene rings is 1. The molecule has 3 aromatic heterocycles. The summed E-state index contributed by atoms with van der Waals surface area (Å²) in [4.78, 5) is 45.8. The van der Waals surface area contributed by atoms with Gasteiger partial charge < -0.3 is 14.3 Å². The van der Waals surface area contributed by atoms with Crippen LogP contribution in [0.3, 0.4) is 0 Å². The Morgan fingerprint density at radius 3 is 2.86 bits per heavy atom. The molecule has 0 aliphatic rings. The Bertz CT molecular complexity index is 1270. The summed E-state index contributed by atoms with van der Waals surface area (Å²) < 4.78 is 6.27. The second-order valence-corrected chi connectivity index (χ2v) is 7.35. The van der Waals surface area contributed by atoms with Gasteiger partial charge in [-0.3, -0.25) is 9.59 Å². The van der Waals surface area contributed by atoms with Crippen LogP contribution in [0.25, 0.3) is 21.7 Å². The van der Waals surface area contributed by atoms with Gasteiger partial charge in [0.1, 0.15) is 5.82 Å². The number of thiophene rings is 1. The molecule has 1 amide bonds. The molecule has 0 bridgehead atoms.